The molecular weight excluding hydrogens is 388 g/mol. The van der Waals surface area contributed by atoms with E-state index in [4.69, 9.17) is 4.74 Å². The molecule has 0 aliphatic rings. The average Bonchev–Trinajstić information content (AvgIpc) is 2.71. The van der Waals surface area contributed by atoms with Crippen LogP contribution in [0.1, 0.15) is 12.5 Å². The monoisotopic (exact) mass is 410 g/mol. The predicted octanol–water partition coefficient (Wildman–Crippen LogP) is 4.20. The van der Waals surface area contributed by atoms with Crippen LogP contribution in [0.4, 0.5) is 11.4 Å². The number of hydrogen-bond acceptors (Lipinski definition) is 4. The van der Waals surface area contributed by atoms with Crippen molar-refractivity contribution in [3.63, 3.8) is 0 Å². The first-order valence-corrected chi connectivity index (χ1v) is 10.5. The maximum Gasteiger partial charge on any atom is 0.265 e. The van der Waals surface area contributed by atoms with Crippen LogP contribution in [0.25, 0.3) is 0 Å². The smallest absolute Gasteiger partial charge is 0.265 e. The van der Waals surface area contributed by atoms with Crippen molar-refractivity contribution in [2.75, 3.05) is 10.0 Å². The lowest BCUT2D eigenvalue weighted by atomic mass is 10.2. The second-order valence-electron chi connectivity index (χ2n) is 6.51. The summed E-state index contributed by atoms with van der Waals surface area (Å²) in [5, 5.41) is 2.72. The molecule has 0 fully saturated rings. The Morgan fingerprint density at radius 2 is 1.52 bits per heavy atom. The molecule has 2 N–H and O–H groups in total. The highest BCUT2D eigenvalue weighted by Crippen LogP contribution is 2.21. The SMILES string of the molecule is Cc1ccccc1NS(=O)(=O)c1ccc(NC(=O)C(C)Oc2ccccc2)cc1. The van der Waals surface area contributed by atoms with Gasteiger partial charge in [-0.3, -0.25) is 9.52 Å². The number of para-hydroxylation sites is 2. The standard InChI is InChI=1S/C22H22N2O4S/c1-16-8-6-7-11-21(16)24-29(26,27)20-14-12-18(13-15-20)23-22(25)17(2)28-19-9-4-3-5-10-19/h3-15,17,24H,1-2H3,(H,23,25). The Bertz CT molecular complexity index is 1080. The van der Waals surface area contributed by atoms with E-state index in [-0.39, 0.29) is 10.8 Å². The average molecular weight is 410 g/mol. The summed E-state index contributed by atoms with van der Waals surface area (Å²) in [4.78, 5) is 12.4. The number of sulfonamides is 1. The molecular formula is C22H22N2O4S. The van der Waals surface area contributed by atoms with Gasteiger partial charge in [-0.1, -0.05) is 36.4 Å². The van der Waals surface area contributed by atoms with Crippen LogP contribution < -0.4 is 14.8 Å². The van der Waals surface area contributed by atoms with Gasteiger partial charge in [0.15, 0.2) is 6.10 Å². The van der Waals surface area contributed by atoms with E-state index in [0.29, 0.717) is 17.1 Å². The molecule has 150 valence electrons. The highest BCUT2D eigenvalue weighted by Gasteiger charge is 2.17. The van der Waals surface area contributed by atoms with Gasteiger partial charge in [0.1, 0.15) is 5.75 Å². The van der Waals surface area contributed by atoms with Crippen LogP contribution >= 0.6 is 0 Å². The summed E-state index contributed by atoms with van der Waals surface area (Å²) in [7, 11) is -3.73. The third-order valence-electron chi connectivity index (χ3n) is 4.25. The number of aryl methyl sites for hydroxylation is 1. The van der Waals surface area contributed by atoms with Gasteiger partial charge >= 0.3 is 0 Å². The molecule has 0 aromatic heterocycles. The number of rotatable bonds is 7. The van der Waals surface area contributed by atoms with Crippen molar-refractivity contribution < 1.29 is 17.9 Å². The third-order valence-corrected chi connectivity index (χ3v) is 5.63. The number of anilines is 2. The number of hydrogen-bond donors (Lipinski definition) is 2. The summed E-state index contributed by atoms with van der Waals surface area (Å²) in [6.45, 7) is 3.47. The van der Waals surface area contributed by atoms with Gasteiger partial charge < -0.3 is 10.1 Å². The fourth-order valence-electron chi connectivity index (χ4n) is 2.61. The van der Waals surface area contributed by atoms with Gasteiger partial charge in [0, 0.05) is 5.69 Å². The van der Waals surface area contributed by atoms with Crippen molar-refractivity contribution >= 4 is 27.3 Å². The Kier molecular flexibility index (Phi) is 6.19. The maximum atomic E-state index is 12.6. The Hall–Kier alpha value is -3.32. The van der Waals surface area contributed by atoms with E-state index in [1.807, 2.05) is 37.3 Å². The van der Waals surface area contributed by atoms with Crippen LogP contribution in [-0.2, 0) is 14.8 Å². The fraction of sp³-hybridized carbons (Fsp3) is 0.136. The highest BCUT2D eigenvalue weighted by atomic mass is 32.2. The van der Waals surface area contributed by atoms with E-state index in [2.05, 4.69) is 10.0 Å². The van der Waals surface area contributed by atoms with Crippen LogP contribution in [0, 0.1) is 6.92 Å². The van der Waals surface area contributed by atoms with Crippen LogP contribution in [0.15, 0.2) is 83.8 Å². The van der Waals surface area contributed by atoms with Gasteiger partial charge in [-0.05, 0) is 61.9 Å². The van der Waals surface area contributed by atoms with Crippen molar-refractivity contribution in [1.29, 1.82) is 0 Å². The van der Waals surface area contributed by atoms with Crippen molar-refractivity contribution in [1.82, 2.24) is 0 Å². The highest BCUT2D eigenvalue weighted by molar-refractivity contribution is 7.92. The van der Waals surface area contributed by atoms with Gasteiger partial charge in [-0.2, -0.15) is 0 Å². The lowest BCUT2D eigenvalue weighted by molar-refractivity contribution is -0.122. The Morgan fingerprint density at radius 1 is 0.897 bits per heavy atom. The lowest BCUT2D eigenvalue weighted by Gasteiger charge is -2.15. The summed E-state index contributed by atoms with van der Waals surface area (Å²) >= 11 is 0. The van der Waals surface area contributed by atoms with Gasteiger partial charge in [-0.25, -0.2) is 8.42 Å². The first-order valence-electron chi connectivity index (χ1n) is 9.06. The molecule has 0 radical (unpaired) electrons. The summed E-state index contributed by atoms with van der Waals surface area (Å²) in [6.07, 6.45) is -0.705. The second-order valence-corrected chi connectivity index (χ2v) is 8.19. The molecule has 1 unspecified atom stereocenters. The van der Waals surface area contributed by atoms with E-state index in [9.17, 15) is 13.2 Å². The molecule has 7 heteroatoms. The van der Waals surface area contributed by atoms with Crippen LogP contribution in [0.2, 0.25) is 0 Å². The number of carbonyl (C=O) groups is 1. The molecule has 0 bridgehead atoms. The first-order chi connectivity index (χ1) is 13.8. The molecule has 1 atom stereocenters. The maximum absolute atomic E-state index is 12.6. The predicted molar refractivity (Wildman–Crippen MR) is 114 cm³/mol. The molecule has 0 aliphatic carbocycles. The number of nitrogens with one attached hydrogen (secondary N) is 2. The van der Waals surface area contributed by atoms with Crippen molar-refractivity contribution in [2.45, 2.75) is 24.8 Å². The molecule has 0 spiro atoms. The number of ether oxygens (including phenoxy) is 1. The van der Waals surface area contributed by atoms with E-state index in [1.54, 1.807) is 43.3 Å². The van der Waals surface area contributed by atoms with Gasteiger partial charge in [0.2, 0.25) is 0 Å². The molecule has 29 heavy (non-hydrogen) atoms. The van der Waals surface area contributed by atoms with Gasteiger partial charge in [0.05, 0.1) is 10.6 Å². The Morgan fingerprint density at radius 3 is 2.17 bits per heavy atom. The quantitative estimate of drug-likeness (QED) is 0.611. The molecule has 0 heterocycles. The van der Waals surface area contributed by atoms with Gasteiger partial charge in [-0.15, -0.1) is 0 Å². The largest absolute Gasteiger partial charge is 0.481 e. The molecule has 6 nitrogen and oxygen atoms in total. The molecule has 1 amide bonds. The topological polar surface area (TPSA) is 84.5 Å². The minimum atomic E-state index is -3.73. The first kappa shape index (κ1) is 20.4. The molecule has 3 aromatic carbocycles. The molecule has 0 saturated heterocycles. The molecule has 3 rings (SSSR count). The molecule has 0 aliphatic heterocycles. The zero-order valence-electron chi connectivity index (χ0n) is 16.1. The minimum Gasteiger partial charge on any atom is -0.481 e. The van der Waals surface area contributed by atoms with Gasteiger partial charge in [0.25, 0.3) is 15.9 Å². The summed E-state index contributed by atoms with van der Waals surface area (Å²) < 4.78 is 33.3. The number of amides is 1. The second kappa shape index (κ2) is 8.79. The van der Waals surface area contributed by atoms with Crippen LogP contribution in [0.3, 0.4) is 0 Å². The Balaban J connectivity index is 1.65. The zero-order valence-corrected chi connectivity index (χ0v) is 16.9. The summed E-state index contributed by atoms with van der Waals surface area (Å²) in [6, 6.07) is 22.2. The zero-order chi connectivity index (χ0) is 20.9. The van der Waals surface area contributed by atoms with Crippen molar-refractivity contribution in [3.8, 4) is 5.75 Å². The number of benzene rings is 3. The van der Waals surface area contributed by atoms with E-state index < -0.39 is 16.1 Å². The number of carbonyl (C=O) groups excluding carboxylic acids is 1. The third kappa shape index (κ3) is 5.36. The van der Waals surface area contributed by atoms with E-state index >= 15 is 0 Å². The summed E-state index contributed by atoms with van der Waals surface area (Å²) in [5.74, 6) is 0.265. The lowest BCUT2D eigenvalue weighted by Crippen LogP contribution is -2.30. The normalized spacial score (nSPS) is 12.1. The molecule has 3 aromatic rings. The van der Waals surface area contributed by atoms with E-state index in [0.717, 1.165) is 5.56 Å². The van der Waals surface area contributed by atoms with Crippen molar-refractivity contribution in [3.05, 3.63) is 84.4 Å². The van der Waals surface area contributed by atoms with Crippen molar-refractivity contribution in [2.24, 2.45) is 0 Å². The minimum absolute atomic E-state index is 0.104. The van der Waals surface area contributed by atoms with Crippen LogP contribution in [0.5, 0.6) is 5.75 Å². The van der Waals surface area contributed by atoms with E-state index in [1.165, 1.54) is 12.1 Å². The molecule has 0 saturated carbocycles. The fourth-order valence-corrected chi connectivity index (χ4v) is 3.74. The summed E-state index contributed by atoms with van der Waals surface area (Å²) in [5.41, 5.74) is 1.83. The van der Waals surface area contributed by atoms with Crippen LogP contribution in [-0.4, -0.2) is 20.4 Å². The Labute approximate surface area is 170 Å².